The summed E-state index contributed by atoms with van der Waals surface area (Å²) in [4.78, 5) is 2.16. The van der Waals surface area contributed by atoms with Crippen molar-refractivity contribution in [2.75, 3.05) is 4.90 Å². The minimum atomic E-state index is -0.310. The van der Waals surface area contributed by atoms with Crippen LogP contribution in [-0.2, 0) is 0 Å². The second kappa shape index (κ2) is 12.7. The SMILES string of the molecule is [2H]c1c([2H])c(-c2ccccc2)c2c([2H])c([2H])c(-c3ccc(N(c4ccc(-c5ccccc5)cc4)c4ccc(-c5ccccc5)cc4)cc3)c([2H])c2c1[2H]. The van der Waals surface area contributed by atoms with Gasteiger partial charge in [-0.1, -0.05) is 158 Å². The molecule has 0 saturated heterocycles. The number of nitrogens with zero attached hydrogens (tertiary/aromatic N) is 1. The molecule has 1 nitrogen and oxygen atoms in total. The largest absolute Gasteiger partial charge is 0.311 e. The summed E-state index contributed by atoms with van der Waals surface area (Å²) < 4.78 is 53.6. The molecule has 0 radical (unpaired) electrons. The Hall–Kier alpha value is -6.18. The van der Waals surface area contributed by atoms with Gasteiger partial charge in [-0.05, 0) is 97.7 Å². The van der Waals surface area contributed by atoms with Gasteiger partial charge in [-0.2, -0.15) is 0 Å². The molecule has 8 aromatic carbocycles. The van der Waals surface area contributed by atoms with Gasteiger partial charge >= 0.3 is 0 Å². The zero-order valence-electron chi connectivity index (χ0n) is 31.5. The fourth-order valence-electron chi connectivity index (χ4n) is 5.96. The van der Waals surface area contributed by atoms with Crippen LogP contribution < -0.4 is 4.90 Å². The molecule has 0 heterocycles. The Morgan fingerprint density at radius 3 is 1.21 bits per heavy atom. The molecule has 0 aliphatic carbocycles. The van der Waals surface area contributed by atoms with Gasteiger partial charge in [-0.3, -0.25) is 0 Å². The van der Waals surface area contributed by atoms with Crippen molar-refractivity contribution in [3.05, 3.63) is 200 Å². The number of anilines is 3. The Kier molecular flexibility index (Phi) is 6.02. The van der Waals surface area contributed by atoms with Crippen LogP contribution in [0.1, 0.15) is 8.22 Å². The summed E-state index contributed by atoms with van der Waals surface area (Å²) in [5.41, 5.74) is 8.91. The van der Waals surface area contributed by atoms with Crippen LogP contribution in [0.5, 0.6) is 0 Å². The molecule has 0 aliphatic heterocycles. The molecule has 0 aromatic heterocycles. The van der Waals surface area contributed by atoms with Gasteiger partial charge in [0.1, 0.15) is 0 Å². The maximum atomic E-state index is 9.29. The molecule has 0 atom stereocenters. The van der Waals surface area contributed by atoms with E-state index in [0.29, 0.717) is 16.7 Å². The first-order valence-electron chi connectivity index (χ1n) is 18.6. The van der Waals surface area contributed by atoms with Crippen molar-refractivity contribution in [3.63, 3.8) is 0 Å². The van der Waals surface area contributed by atoms with Gasteiger partial charge in [0.2, 0.25) is 0 Å². The van der Waals surface area contributed by atoms with Crippen LogP contribution in [0.3, 0.4) is 0 Å². The molecular weight excluding hydrogens is 567 g/mol. The minimum Gasteiger partial charge on any atom is -0.311 e. The first kappa shape index (κ1) is 22.3. The third-order valence-corrected chi connectivity index (χ3v) is 8.38. The zero-order valence-corrected chi connectivity index (χ0v) is 25.5. The van der Waals surface area contributed by atoms with Crippen LogP contribution in [0.15, 0.2) is 200 Å². The highest BCUT2D eigenvalue weighted by atomic mass is 15.1. The molecule has 0 aliphatic rings. The highest BCUT2D eigenvalue weighted by Crippen LogP contribution is 2.38. The highest BCUT2D eigenvalue weighted by Gasteiger charge is 2.14. The molecule has 0 fully saturated rings. The van der Waals surface area contributed by atoms with Crippen LogP contribution in [0.4, 0.5) is 17.1 Å². The van der Waals surface area contributed by atoms with Crippen molar-refractivity contribution < 1.29 is 8.22 Å². The first-order valence-corrected chi connectivity index (χ1v) is 15.6. The summed E-state index contributed by atoms with van der Waals surface area (Å²) >= 11 is 0. The van der Waals surface area contributed by atoms with E-state index in [9.17, 15) is 1.37 Å². The Morgan fingerprint density at radius 2 is 0.745 bits per heavy atom. The van der Waals surface area contributed by atoms with E-state index in [1.807, 2.05) is 66.7 Å². The van der Waals surface area contributed by atoms with E-state index in [2.05, 4.69) is 77.7 Å². The molecule has 0 amide bonds. The zero-order chi connectivity index (χ0) is 36.6. The number of benzene rings is 8. The van der Waals surface area contributed by atoms with E-state index in [1.165, 1.54) is 0 Å². The van der Waals surface area contributed by atoms with Gasteiger partial charge in [-0.25, -0.2) is 0 Å². The summed E-state index contributed by atoms with van der Waals surface area (Å²) in [5.74, 6) is 0. The summed E-state index contributed by atoms with van der Waals surface area (Å²) in [7, 11) is 0. The molecular formula is C46H33N. The van der Waals surface area contributed by atoms with Crippen LogP contribution in [-0.4, -0.2) is 0 Å². The fraction of sp³-hybridized carbons (Fsp3) is 0. The molecule has 222 valence electrons. The lowest BCUT2D eigenvalue weighted by Crippen LogP contribution is -2.09. The van der Waals surface area contributed by atoms with Crippen molar-refractivity contribution in [3.8, 4) is 44.5 Å². The van der Waals surface area contributed by atoms with Crippen molar-refractivity contribution in [1.82, 2.24) is 0 Å². The Bertz CT molecular complexity index is 2490. The van der Waals surface area contributed by atoms with Crippen LogP contribution in [0, 0.1) is 0 Å². The topological polar surface area (TPSA) is 3.24 Å². The van der Waals surface area contributed by atoms with Gasteiger partial charge < -0.3 is 4.90 Å². The third kappa shape index (κ3) is 5.83. The molecule has 0 saturated carbocycles. The van der Waals surface area contributed by atoms with Gasteiger partial charge in [0, 0.05) is 17.1 Å². The second-order valence-electron chi connectivity index (χ2n) is 11.3. The predicted octanol–water partition coefficient (Wildman–Crippen LogP) is 13.0. The summed E-state index contributed by atoms with van der Waals surface area (Å²) in [6, 6.07) is 52.7. The second-order valence-corrected chi connectivity index (χ2v) is 11.3. The van der Waals surface area contributed by atoms with Crippen LogP contribution >= 0.6 is 0 Å². The summed E-state index contributed by atoms with van der Waals surface area (Å²) in [5, 5.41) is 0.283. The van der Waals surface area contributed by atoms with Crippen LogP contribution in [0.25, 0.3) is 55.3 Å². The van der Waals surface area contributed by atoms with E-state index in [-0.39, 0.29) is 52.6 Å². The summed E-state index contributed by atoms with van der Waals surface area (Å²) in [6.07, 6.45) is 0. The molecule has 0 N–H and O–H groups in total. The van der Waals surface area contributed by atoms with E-state index in [0.717, 1.165) is 39.3 Å². The average Bonchev–Trinajstić information content (AvgIpc) is 3.21. The van der Waals surface area contributed by atoms with Crippen LogP contribution in [0.2, 0.25) is 0 Å². The smallest absolute Gasteiger partial charge is 0.0636 e. The number of hydrogen-bond donors (Lipinski definition) is 0. The molecule has 8 aromatic rings. The lowest BCUT2D eigenvalue weighted by atomic mass is 9.95. The molecule has 1 heteroatoms. The van der Waals surface area contributed by atoms with E-state index < -0.39 is 0 Å². The molecule has 0 spiro atoms. The Labute approximate surface area is 285 Å². The third-order valence-electron chi connectivity index (χ3n) is 8.38. The molecule has 47 heavy (non-hydrogen) atoms. The normalized spacial score (nSPS) is 12.8. The lowest BCUT2D eigenvalue weighted by molar-refractivity contribution is 1.28. The lowest BCUT2D eigenvalue weighted by Gasteiger charge is -2.26. The maximum Gasteiger partial charge on any atom is 0.0636 e. The maximum absolute atomic E-state index is 9.29. The van der Waals surface area contributed by atoms with E-state index >= 15 is 0 Å². The van der Waals surface area contributed by atoms with Crippen molar-refractivity contribution in [1.29, 1.82) is 0 Å². The first-order chi connectivity index (χ1) is 25.8. The fourth-order valence-corrected chi connectivity index (χ4v) is 5.96. The highest BCUT2D eigenvalue weighted by molar-refractivity contribution is 5.98. The number of fused-ring (bicyclic) bond motifs is 1. The Balaban J connectivity index is 1.24. The number of hydrogen-bond acceptors (Lipinski definition) is 1. The van der Waals surface area contributed by atoms with Crippen molar-refractivity contribution >= 4 is 27.8 Å². The van der Waals surface area contributed by atoms with Crippen molar-refractivity contribution in [2.24, 2.45) is 0 Å². The van der Waals surface area contributed by atoms with Crippen molar-refractivity contribution in [2.45, 2.75) is 0 Å². The van der Waals surface area contributed by atoms with Gasteiger partial charge in [0.15, 0.2) is 0 Å². The van der Waals surface area contributed by atoms with Gasteiger partial charge in [-0.15, -0.1) is 0 Å². The van der Waals surface area contributed by atoms with Gasteiger partial charge in [0.05, 0.1) is 8.22 Å². The van der Waals surface area contributed by atoms with Gasteiger partial charge in [0.25, 0.3) is 0 Å². The Morgan fingerprint density at radius 1 is 0.340 bits per heavy atom. The standard InChI is InChI=1S/C46H33N/c1-4-11-34(12-5-1)36-19-26-42(27-20-36)47(43-28-21-37(22-29-43)35-13-6-2-7-14-35)44-30-23-38(24-31-44)40-25-32-46-41(33-40)17-10-18-45(46)39-15-8-3-9-16-39/h1-33H/i10D,17D,18D,25D,32D,33D. The predicted molar refractivity (Wildman–Crippen MR) is 200 cm³/mol. The monoisotopic (exact) mass is 605 g/mol. The van der Waals surface area contributed by atoms with E-state index in [1.54, 1.807) is 24.3 Å². The number of rotatable bonds is 7. The molecule has 8 rings (SSSR count). The summed E-state index contributed by atoms with van der Waals surface area (Å²) in [6.45, 7) is 0. The van der Waals surface area contributed by atoms with E-state index in [4.69, 9.17) is 6.85 Å². The average molecular weight is 606 g/mol. The molecule has 0 unspecified atom stereocenters. The minimum absolute atomic E-state index is 0.101. The quantitative estimate of drug-likeness (QED) is 0.175. The molecule has 0 bridgehead atoms.